The van der Waals surface area contributed by atoms with E-state index in [-0.39, 0.29) is 16.3 Å². The Kier molecular flexibility index (Phi) is 4.49. The number of aromatic nitrogens is 1. The minimum absolute atomic E-state index is 0.0175. The number of hydrogen-bond donors (Lipinski definition) is 1. The van der Waals surface area contributed by atoms with E-state index in [0.717, 1.165) is 0 Å². The molecule has 108 valence electrons. The summed E-state index contributed by atoms with van der Waals surface area (Å²) in [5.41, 5.74) is 1.20. The highest BCUT2D eigenvalue weighted by Gasteiger charge is 2.15. The number of carbonyl (C=O) groups excluding carboxylic acids is 1. The molecule has 7 heteroatoms. The van der Waals surface area contributed by atoms with E-state index in [9.17, 15) is 14.9 Å². The van der Waals surface area contributed by atoms with Crippen LogP contribution in [0.2, 0.25) is 5.02 Å². The van der Waals surface area contributed by atoms with Crippen LogP contribution in [0.3, 0.4) is 0 Å². The lowest BCUT2D eigenvalue weighted by Crippen LogP contribution is -2.13. The standard InChI is InChI=1S/C14H12ClN3O3/c1-2-9-3-4-10(7-13(9)18(20)21)17-14(19)11-5-6-16-8-12(11)15/h3-8H,2H2,1H3,(H,17,19). The van der Waals surface area contributed by atoms with Crippen molar-refractivity contribution < 1.29 is 9.72 Å². The number of amides is 1. The number of nitrogens with zero attached hydrogens (tertiary/aromatic N) is 2. The molecule has 1 N–H and O–H groups in total. The molecule has 0 saturated carbocycles. The number of nitrogens with one attached hydrogen (secondary N) is 1. The molecule has 21 heavy (non-hydrogen) atoms. The summed E-state index contributed by atoms with van der Waals surface area (Å²) in [5.74, 6) is -0.444. The van der Waals surface area contributed by atoms with Gasteiger partial charge in [-0.25, -0.2) is 0 Å². The van der Waals surface area contributed by atoms with Crippen molar-refractivity contribution in [2.75, 3.05) is 5.32 Å². The van der Waals surface area contributed by atoms with Crippen LogP contribution >= 0.6 is 11.6 Å². The van der Waals surface area contributed by atoms with Crippen molar-refractivity contribution in [3.8, 4) is 0 Å². The Bertz CT molecular complexity index is 704. The predicted molar refractivity (Wildman–Crippen MR) is 79.7 cm³/mol. The molecule has 0 saturated heterocycles. The Labute approximate surface area is 125 Å². The number of nitro benzene ring substituents is 1. The Morgan fingerprint density at radius 3 is 2.81 bits per heavy atom. The van der Waals surface area contributed by atoms with Crippen LogP contribution in [0.5, 0.6) is 0 Å². The van der Waals surface area contributed by atoms with Gasteiger partial charge >= 0.3 is 0 Å². The second-order valence-corrected chi connectivity index (χ2v) is 4.67. The molecule has 0 bridgehead atoms. The summed E-state index contributed by atoms with van der Waals surface area (Å²) < 4.78 is 0. The fourth-order valence-corrected chi connectivity index (χ4v) is 2.07. The molecule has 0 aliphatic rings. The van der Waals surface area contributed by atoms with Gasteiger partial charge in [0.1, 0.15) is 0 Å². The molecule has 0 atom stereocenters. The van der Waals surface area contributed by atoms with Gasteiger partial charge in [-0.3, -0.25) is 19.9 Å². The Hall–Kier alpha value is -2.47. The third kappa shape index (κ3) is 3.35. The Morgan fingerprint density at radius 2 is 2.19 bits per heavy atom. The topological polar surface area (TPSA) is 85.1 Å². The summed E-state index contributed by atoms with van der Waals surface area (Å²) in [6, 6.07) is 6.07. The smallest absolute Gasteiger partial charge is 0.274 e. The average molecular weight is 306 g/mol. The third-order valence-corrected chi connectivity index (χ3v) is 3.24. The molecule has 2 rings (SSSR count). The largest absolute Gasteiger partial charge is 0.322 e. The monoisotopic (exact) mass is 305 g/mol. The molecular formula is C14H12ClN3O3. The lowest BCUT2D eigenvalue weighted by Gasteiger charge is -2.07. The third-order valence-electron chi connectivity index (χ3n) is 2.94. The van der Waals surface area contributed by atoms with Crippen molar-refractivity contribution in [1.82, 2.24) is 4.98 Å². The highest BCUT2D eigenvalue weighted by atomic mass is 35.5. The summed E-state index contributed by atoms with van der Waals surface area (Å²) in [4.78, 5) is 26.4. The number of rotatable bonds is 4. The number of halogens is 1. The minimum Gasteiger partial charge on any atom is -0.322 e. The highest BCUT2D eigenvalue weighted by Crippen LogP contribution is 2.24. The zero-order valence-corrected chi connectivity index (χ0v) is 11.9. The van der Waals surface area contributed by atoms with Crippen molar-refractivity contribution in [2.45, 2.75) is 13.3 Å². The van der Waals surface area contributed by atoms with Crippen LogP contribution in [0, 0.1) is 10.1 Å². The molecule has 0 aliphatic heterocycles. The van der Waals surface area contributed by atoms with E-state index >= 15 is 0 Å². The van der Waals surface area contributed by atoms with Gasteiger partial charge in [-0.2, -0.15) is 0 Å². The van der Waals surface area contributed by atoms with Gasteiger partial charge in [0.05, 0.1) is 15.5 Å². The second kappa shape index (κ2) is 6.32. The number of aryl methyl sites for hydroxylation is 1. The zero-order valence-electron chi connectivity index (χ0n) is 11.2. The van der Waals surface area contributed by atoms with Crippen LogP contribution < -0.4 is 5.32 Å². The summed E-state index contributed by atoms with van der Waals surface area (Å²) in [7, 11) is 0. The van der Waals surface area contributed by atoms with Gasteiger partial charge in [0, 0.05) is 29.7 Å². The number of anilines is 1. The molecule has 0 radical (unpaired) electrons. The average Bonchev–Trinajstić information content (AvgIpc) is 2.47. The molecule has 1 amide bonds. The van der Waals surface area contributed by atoms with Crippen LogP contribution in [0.25, 0.3) is 0 Å². The zero-order chi connectivity index (χ0) is 15.4. The van der Waals surface area contributed by atoms with E-state index in [1.165, 1.54) is 24.5 Å². The van der Waals surface area contributed by atoms with Gasteiger partial charge in [-0.15, -0.1) is 0 Å². The van der Waals surface area contributed by atoms with Crippen molar-refractivity contribution in [3.63, 3.8) is 0 Å². The maximum atomic E-state index is 12.1. The molecule has 0 unspecified atom stereocenters. The van der Waals surface area contributed by atoms with Crippen LogP contribution in [0.1, 0.15) is 22.8 Å². The maximum Gasteiger partial charge on any atom is 0.274 e. The molecule has 1 aromatic carbocycles. The van der Waals surface area contributed by atoms with Crippen LogP contribution in [0.15, 0.2) is 36.7 Å². The van der Waals surface area contributed by atoms with Gasteiger partial charge in [-0.1, -0.05) is 24.6 Å². The number of nitro groups is 1. The molecule has 0 fully saturated rings. The summed E-state index contributed by atoms with van der Waals surface area (Å²) >= 11 is 5.88. The van der Waals surface area contributed by atoms with Gasteiger partial charge < -0.3 is 5.32 Å². The highest BCUT2D eigenvalue weighted by molar-refractivity contribution is 6.34. The van der Waals surface area contributed by atoms with Gasteiger partial charge in [-0.05, 0) is 18.6 Å². The minimum atomic E-state index is -0.464. The Balaban J connectivity index is 2.28. The van der Waals surface area contributed by atoms with Crippen molar-refractivity contribution >= 4 is 28.9 Å². The van der Waals surface area contributed by atoms with E-state index in [1.807, 2.05) is 6.92 Å². The normalized spacial score (nSPS) is 10.2. The number of benzene rings is 1. The lowest BCUT2D eigenvalue weighted by molar-refractivity contribution is -0.385. The van der Waals surface area contributed by atoms with Crippen LogP contribution in [-0.2, 0) is 6.42 Å². The van der Waals surface area contributed by atoms with E-state index in [0.29, 0.717) is 17.7 Å². The fourth-order valence-electron chi connectivity index (χ4n) is 1.87. The first-order valence-corrected chi connectivity index (χ1v) is 6.59. The second-order valence-electron chi connectivity index (χ2n) is 4.26. The quantitative estimate of drug-likeness (QED) is 0.692. The summed E-state index contributed by atoms with van der Waals surface area (Å²) in [6.45, 7) is 1.83. The molecule has 1 aromatic heterocycles. The molecular weight excluding hydrogens is 294 g/mol. The number of pyridine rings is 1. The maximum absolute atomic E-state index is 12.1. The number of carbonyl (C=O) groups is 1. The summed E-state index contributed by atoms with van der Waals surface area (Å²) in [5, 5.41) is 13.8. The van der Waals surface area contributed by atoms with E-state index < -0.39 is 10.8 Å². The first kappa shape index (κ1) is 14.9. The van der Waals surface area contributed by atoms with Crippen molar-refractivity contribution in [3.05, 3.63) is 62.9 Å². The summed E-state index contributed by atoms with van der Waals surface area (Å²) in [6.07, 6.45) is 3.35. The lowest BCUT2D eigenvalue weighted by atomic mass is 10.1. The van der Waals surface area contributed by atoms with E-state index in [4.69, 9.17) is 11.6 Å². The first-order chi connectivity index (χ1) is 10.0. The van der Waals surface area contributed by atoms with Gasteiger partial charge in [0.2, 0.25) is 0 Å². The SMILES string of the molecule is CCc1ccc(NC(=O)c2ccncc2Cl)cc1[N+](=O)[O-]. The molecule has 6 nitrogen and oxygen atoms in total. The molecule has 2 aromatic rings. The van der Waals surface area contributed by atoms with Crippen molar-refractivity contribution in [2.24, 2.45) is 0 Å². The predicted octanol–water partition coefficient (Wildman–Crippen LogP) is 3.46. The Morgan fingerprint density at radius 1 is 1.43 bits per heavy atom. The van der Waals surface area contributed by atoms with Gasteiger partial charge in [0.25, 0.3) is 11.6 Å². The van der Waals surface area contributed by atoms with Crippen LogP contribution in [0.4, 0.5) is 11.4 Å². The molecule has 0 spiro atoms. The van der Waals surface area contributed by atoms with E-state index in [1.54, 1.807) is 12.1 Å². The van der Waals surface area contributed by atoms with Crippen molar-refractivity contribution in [1.29, 1.82) is 0 Å². The molecule has 0 aliphatic carbocycles. The first-order valence-electron chi connectivity index (χ1n) is 6.21. The van der Waals surface area contributed by atoms with Gasteiger partial charge in [0.15, 0.2) is 0 Å². The number of hydrogen-bond acceptors (Lipinski definition) is 4. The van der Waals surface area contributed by atoms with E-state index in [2.05, 4.69) is 10.3 Å². The van der Waals surface area contributed by atoms with Crippen LogP contribution in [-0.4, -0.2) is 15.8 Å². The fraction of sp³-hybridized carbons (Fsp3) is 0.143. The molecule has 1 heterocycles.